The first kappa shape index (κ1) is 8.49. The SMILES string of the molecule is CC(C)C(=O)NOC1COC1. The number of hydrogen-bond donors (Lipinski definition) is 1. The van der Waals surface area contributed by atoms with Gasteiger partial charge in [-0.1, -0.05) is 13.8 Å². The van der Waals surface area contributed by atoms with Crippen LogP contribution in [0.5, 0.6) is 0 Å². The van der Waals surface area contributed by atoms with Crippen molar-refractivity contribution >= 4 is 5.91 Å². The maximum atomic E-state index is 10.9. The van der Waals surface area contributed by atoms with Crippen LogP contribution in [0, 0.1) is 5.92 Å². The third kappa shape index (κ3) is 2.48. The smallest absolute Gasteiger partial charge is 0.246 e. The number of carbonyl (C=O) groups excluding carboxylic acids is 1. The van der Waals surface area contributed by atoms with Crippen LogP contribution in [0.1, 0.15) is 13.8 Å². The molecular formula is C7H13NO3. The van der Waals surface area contributed by atoms with Gasteiger partial charge in [0.15, 0.2) is 0 Å². The van der Waals surface area contributed by atoms with E-state index in [1.54, 1.807) is 0 Å². The van der Waals surface area contributed by atoms with Crippen molar-refractivity contribution in [3.05, 3.63) is 0 Å². The molecule has 0 aromatic carbocycles. The van der Waals surface area contributed by atoms with Gasteiger partial charge in [-0.15, -0.1) is 0 Å². The van der Waals surface area contributed by atoms with Gasteiger partial charge in [0.2, 0.25) is 5.91 Å². The highest BCUT2D eigenvalue weighted by molar-refractivity contribution is 5.76. The Morgan fingerprint density at radius 2 is 2.27 bits per heavy atom. The molecule has 1 heterocycles. The van der Waals surface area contributed by atoms with Crippen LogP contribution in [0.4, 0.5) is 0 Å². The molecule has 1 aliphatic heterocycles. The summed E-state index contributed by atoms with van der Waals surface area (Å²) in [5.74, 6) is -0.118. The fourth-order valence-corrected chi connectivity index (χ4v) is 0.541. The number of rotatable bonds is 3. The average molecular weight is 159 g/mol. The molecule has 0 bridgehead atoms. The second kappa shape index (κ2) is 3.69. The second-order valence-electron chi connectivity index (χ2n) is 2.90. The van der Waals surface area contributed by atoms with E-state index in [0.29, 0.717) is 13.2 Å². The summed E-state index contributed by atoms with van der Waals surface area (Å²) < 4.78 is 4.85. The summed E-state index contributed by atoms with van der Waals surface area (Å²) in [6, 6.07) is 0. The van der Waals surface area contributed by atoms with Crippen molar-refractivity contribution in [1.29, 1.82) is 0 Å². The van der Waals surface area contributed by atoms with E-state index in [-0.39, 0.29) is 17.9 Å². The molecule has 1 amide bonds. The minimum Gasteiger partial charge on any atom is -0.376 e. The molecule has 0 aromatic rings. The summed E-state index contributed by atoms with van der Waals surface area (Å²) in [5, 5.41) is 0. The standard InChI is InChI=1S/C7H13NO3/c1-5(2)7(9)8-11-6-3-10-4-6/h5-6H,3-4H2,1-2H3,(H,8,9). The molecule has 0 atom stereocenters. The van der Waals surface area contributed by atoms with E-state index in [9.17, 15) is 4.79 Å². The zero-order valence-corrected chi connectivity index (χ0v) is 6.79. The molecule has 4 nitrogen and oxygen atoms in total. The fraction of sp³-hybridized carbons (Fsp3) is 0.857. The molecule has 1 saturated heterocycles. The average Bonchev–Trinajstić information content (AvgIpc) is 1.83. The minimum atomic E-state index is -0.0862. The monoisotopic (exact) mass is 159 g/mol. The van der Waals surface area contributed by atoms with Crippen molar-refractivity contribution in [2.75, 3.05) is 13.2 Å². The maximum Gasteiger partial charge on any atom is 0.246 e. The van der Waals surface area contributed by atoms with Crippen molar-refractivity contribution in [3.63, 3.8) is 0 Å². The molecule has 64 valence electrons. The summed E-state index contributed by atoms with van der Waals surface area (Å²) in [4.78, 5) is 15.9. The number of ether oxygens (including phenoxy) is 1. The molecule has 0 aromatic heterocycles. The van der Waals surface area contributed by atoms with Crippen LogP contribution in [-0.2, 0) is 14.4 Å². The minimum absolute atomic E-state index is 0.0315. The quantitative estimate of drug-likeness (QED) is 0.594. The molecule has 1 N–H and O–H groups in total. The van der Waals surface area contributed by atoms with Crippen molar-refractivity contribution in [3.8, 4) is 0 Å². The van der Waals surface area contributed by atoms with E-state index in [0.717, 1.165) is 0 Å². The third-order valence-corrected chi connectivity index (χ3v) is 1.46. The molecule has 11 heavy (non-hydrogen) atoms. The van der Waals surface area contributed by atoms with Crippen molar-refractivity contribution in [2.24, 2.45) is 5.92 Å². The molecule has 0 saturated carbocycles. The van der Waals surface area contributed by atoms with Crippen LogP contribution in [-0.4, -0.2) is 25.2 Å². The second-order valence-corrected chi connectivity index (χ2v) is 2.90. The van der Waals surface area contributed by atoms with Gasteiger partial charge >= 0.3 is 0 Å². The van der Waals surface area contributed by atoms with Crippen LogP contribution >= 0.6 is 0 Å². The van der Waals surface area contributed by atoms with Gasteiger partial charge in [0, 0.05) is 5.92 Å². The van der Waals surface area contributed by atoms with Crippen molar-refractivity contribution < 1.29 is 14.4 Å². The highest BCUT2D eigenvalue weighted by atomic mass is 16.7. The zero-order chi connectivity index (χ0) is 8.27. The lowest BCUT2D eigenvalue weighted by Crippen LogP contribution is -2.42. The Labute approximate surface area is 65.8 Å². The lowest BCUT2D eigenvalue weighted by Gasteiger charge is -2.25. The molecule has 0 unspecified atom stereocenters. The molecule has 1 aliphatic rings. The van der Waals surface area contributed by atoms with E-state index in [1.165, 1.54) is 0 Å². The van der Waals surface area contributed by atoms with Crippen LogP contribution in [0.25, 0.3) is 0 Å². The Bertz CT molecular complexity index is 143. The zero-order valence-electron chi connectivity index (χ0n) is 6.79. The van der Waals surface area contributed by atoms with Crippen LogP contribution in [0.3, 0.4) is 0 Å². The van der Waals surface area contributed by atoms with E-state index >= 15 is 0 Å². The highest BCUT2D eigenvalue weighted by Gasteiger charge is 2.20. The van der Waals surface area contributed by atoms with Crippen molar-refractivity contribution in [1.82, 2.24) is 5.48 Å². The molecule has 0 radical (unpaired) electrons. The summed E-state index contributed by atoms with van der Waals surface area (Å²) in [7, 11) is 0. The lowest BCUT2D eigenvalue weighted by atomic mass is 10.2. The third-order valence-electron chi connectivity index (χ3n) is 1.46. The van der Waals surface area contributed by atoms with Crippen LogP contribution < -0.4 is 5.48 Å². The number of hydrogen-bond acceptors (Lipinski definition) is 3. The Hall–Kier alpha value is -0.610. The van der Waals surface area contributed by atoms with Crippen LogP contribution in [0.15, 0.2) is 0 Å². The molecule has 0 spiro atoms. The summed E-state index contributed by atoms with van der Waals surface area (Å²) in [6.07, 6.45) is 0.0534. The number of hydroxylamine groups is 1. The van der Waals surface area contributed by atoms with E-state index < -0.39 is 0 Å². The topological polar surface area (TPSA) is 47.6 Å². The van der Waals surface area contributed by atoms with Gasteiger partial charge in [0.1, 0.15) is 6.10 Å². The first-order valence-corrected chi connectivity index (χ1v) is 3.73. The highest BCUT2D eigenvalue weighted by Crippen LogP contribution is 2.03. The predicted octanol–water partition coefficient (Wildman–Crippen LogP) is 0.0890. The Balaban J connectivity index is 2.06. The Morgan fingerprint density at radius 1 is 1.64 bits per heavy atom. The number of nitrogens with one attached hydrogen (secondary N) is 1. The molecular weight excluding hydrogens is 146 g/mol. The normalized spacial score (nSPS) is 18.1. The largest absolute Gasteiger partial charge is 0.376 e. The lowest BCUT2D eigenvalue weighted by molar-refractivity contribution is -0.176. The first-order valence-electron chi connectivity index (χ1n) is 3.73. The fourth-order valence-electron chi connectivity index (χ4n) is 0.541. The van der Waals surface area contributed by atoms with Crippen LogP contribution in [0.2, 0.25) is 0 Å². The predicted molar refractivity (Wildman–Crippen MR) is 38.7 cm³/mol. The van der Waals surface area contributed by atoms with E-state index in [2.05, 4.69) is 5.48 Å². The van der Waals surface area contributed by atoms with Gasteiger partial charge in [-0.25, -0.2) is 5.48 Å². The van der Waals surface area contributed by atoms with Gasteiger partial charge in [0.25, 0.3) is 0 Å². The van der Waals surface area contributed by atoms with E-state index in [4.69, 9.17) is 9.57 Å². The Morgan fingerprint density at radius 3 is 2.64 bits per heavy atom. The van der Waals surface area contributed by atoms with Gasteiger partial charge in [-0.2, -0.15) is 0 Å². The summed E-state index contributed by atoms with van der Waals surface area (Å²) in [6.45, 7) is 4.79. The summed E-state index contributed by atoms with van der Waals surface area (Å²) >= 11 is 0. The first-order chi connectivity index (χ1) is 5.20. The Kier molecular flexibility index (Phi) is 2.84. The number of carbonyl (C=O) groups is 1. The molecule has 0 aliphatic carbocycles. The summed E-state index contributed by atoms with van der Waals surface area (Å²) in [5.41, 5.74) is 2.37. The van der Waals surface area contributed by atoms with Gasteiger partial charge in [-0.3, -0.25) is 9.63 Å². The number of amides is 1. The van der Waals surface area contributed by atoms with Gasteiger partial charge < -0.3 is 4.74 Å². The molecule has 1 rings (SSSR count). The van der Waals surface area contributed by atoms with Gasteiger partial charge in [-0.05, 0) is 0 Å². The van der Waals surface area contributed by atoms with E-state index in [1.807, 2.05) is 13.8 Å². The molecule has 4 heteroatoms. The van der Waals surface area contributed by atoms with Crippen molar-refractivity contribution in [2.45, 2.75) is 20.0 Å². The maximum absolute atomic E-state index is 10.9. The van der Waals surface area contributed by atoms with Gasteiger partial charge in [0.05, 0.1) is 13.2 Å². The molecule has 1 fully saturated rings.